The minimum absolute atomic E-state index is 0.118. The number of carbonyl (C=O) groups is 2. The normalized spacial score (nSPS) is 16.9. The predicted molar refractivity (Wildman–Crippen MR) is 92.7 cm³/mol. The van der Waals surface area contributed by atoms with Gasteiger partial charge in [-0.15, -0.1) is 11.3 Å². The van der Waals surface area contributed by atoms with Crippen LogP contribution in [0.5, 0.6) is 0 Å². The molecule has 0 bridgehead atoms. The molecular weight excluding hydrogens is 324 g/mol. The van der Waals surface area contributed by atoms with Crippen LogP contribution in [0, 0.1) is 0 Å². The lowest BCUT2D eigenvalue weighted by atomic mass is 10.1. The van der Waals surface area contributed by atoms with Crippen molar-refractivity contribution in [2.75, 3.05) is 0 Å². The van der Waals surface area contributed by atoms with E-state index in [1.807, 2.05) is 56.5 Å². The van der Waals surface area contributed by atoms with Crippen molar-refractivity contribution in [2.45, 2.75) is 39.1 Å². The van der Waals surface area contributed by atoms with Gasteiger partial charge in [0.1, 0.15) is 0 Å². The van der Waals surface area contributed by atoms with Crippen LogP contribution in [0.25, 0.3) is 0 Å². The summed E-state index contributed by atoms with van der Waals surface area (Å²) in [5.74, 6) is -0.118. The molecule has 126 valence electrons. The standard InChI is InChI=1S/C18H20N2O3S/c1-18(2,3)19-17(22)23-16-14-9-5-4-8-13(14)15(21)20(16)11-12-7-6-10-24-12/h4-10,16H,11H2,1-3H3,(H,19,22)/t16-/m1/s1. The van der Waals surface area contributed by atoms with E-state index in [-0.39, 0.29) is 5.91 Å². The van der Waals surface area contributed by atoms with Gasteiger partial charge in [0.25, 0.3) is 5.91 Å². The van der Waals surface area contributed by atoms with E-state index >= 15 is 0 Å². The summed E-state index contributed by atoms with van der Waals surface area (Å²) >= 11 is 1.57. The molecule has 1 aromatic carbocycles. The average Bonchev–Trinajstić information content (AvgIpc) is 3.09. The molecule has 1 N–H and O–H groups in total. The molecule has 1 aliphatic rings. The predicted octanol–water partition coefficient (Wildman–Crippen LogP) is 3.93. The second-order valence-corrected chi connectivity index (χ2v) is 7.76. The van der Waals surface area contributed by atoms with Crippen LogP contribution in [0.1, 0.15) is 47.8 Å². The van der Waals surface area contributed by atoms with E-state index in [9.17, 15) is 9.59 Å². The van der Waals surface area contributed by atoms with E-state index in [4.69, 9.17) is 4.74 Å². The molecule has 6 heteroatoms. The summed E-state index contributed by atoms with van der Waals surface area (Å²) in [7, 11) is 0. The highest BCUT2D eigenvalue weighted by atomic mass is 32.1. The van der Waals surface area contributed by atoms with Gasteiger partial charge in [-0.3, -0.25) is 9.69 Å². The van der Waals surface area contributed by atoms with E-state index in [2.05, 4.69) is 5.32 Å². The van der Waals surface area contributed by atoms with Crippen LogP contribution in [0.3, 0.4) is 0 Å². The zero-order valence-electron chi connectivity index (χ0n) is 13.9. The maximum Gasteiger partial charge on any atom is 0.409 e. The van der Waals surface area contributed by atoms with Gasteiger partial charge in [-0.05, 0) is 38.3 Å². The Morgan fingerprint density at radius 2 is 2.00 bits per heavy atom. The van der Waals surface area contributed by atoms with Crippen molar-refractivity contribution < 1.29 is 14.3 Å². The zero-order valence-corrected chi connectivity index (χ0v) is 14.7. The molecule has 1 aliphatic heterocycles. The lowest BCUT2D eigenvalue weighted by Crippen LogP contribution is -2.42. The first-order chi connectivity index (χ1) is 11.3. The van der Waals surface area contributed by atoms with Crippen molar-refractivity contribution in [1.82, 2.24) is 10.2 Å². The molecule has 0 saturated carbocycles. The molecule has 1 aromatic heterocycles. The molecule has 2 aromatic rings. The van der Waals surface area contributed by atoms with E-state index in [1.165, 1.54) is 0 Å². The molecule has 0 fully saturated rings. The summed E-state index contributed by atoms with van der Waals surface area (Å²) in [6.45, 7) is 6.06. The van der Waals surface area contributed by atoms with Gasteiger partial charge in [0, 0.05) is 21.5 Å². The second-order valence-electron chi connectivity index (χ2n) is 6.73. The van der Waals surface area contributed by atoms with Crippen molar-refractivity contribution in [3.05, 3.63) is 57.8 Å². The second kappa shape index (κ2) is 6.28. The highest BCUT2D eigenvalue weighted by Gasteiger charge is 2.39. The number of hydrogen-bond donors (Lipinski definition) is 1. The Balaban J connectivity index is 1.86. The summed E-state index contributed by atoms with van der Waals surface area (Å²) in [4.78, 5) is 27.6. The highest BCUT2D eigenvalue weighted by Crippen LogP contribution is 2.36. The number of rotatable bonds is 3. The van der Waals surface area contributed by atoms with Gasteiger partial charge in [-0.2, -0.15) is 0 Å². The Morgan fingerprint density at radius 1 is 1.25 bits per heavy atom. The number of ether oxygens (including phenoxy) is 1. The van der Waals surface area contributed by atoms with Crippen LogP contribution in [0.15, 0.2) is 41.8 Å². The van der Waals surface area contributed by atoms with Gasteiger partial charge in [0.05, 0.1) is 6.54 Å². The minimum Gasteiger partial charge on any atom is -0.421 e. The van der Waals surface area contributed by atoms with Crippen molar-refractivity contribution in [2.24, 2.45) is 0 Å². The van der Waals surface area contributed by atoms with Crippen LogP contribution in [0.4, 0.5) is 4.79 Å². The van der Waals surface area contributed by atoms with E-state index in [0.717, 1.165) is 10.4 Å². The summed E-state index contributed by atoms with van der Waals surface area (Å²) < 4.78 is 5.61. The van der Waals surface area contributed by atoms with Crippen LogP contribution < -0.4 is 5.32 Å². The maximum absolute atomic E-state index is 12.7. The molecule has 2 amide bonds. The van der Waals surface area contributed by atoms with Crippen LogP contribution in [0.2, 0.25) is 0 Å². The van der Waals surface area contributed by atoms with Crippen LogP contribution in [-0.2, 0) is 11.3 Å². The van der Waals surface area contributed by atoms with E-state index < -0.39 is 17.9 Å². The topological polar surface area (TPSA) is 58.6 Å². The Hall–Kier alpha value is -2.34. The fraction of sp³-hybridized carbons (Fsp3) is 0.333. The molecule has 0 saturated heterocycles. The number of fused-ring (bicyclic) bond motifs is 1. The highest BCUT2D eigenvalue weighted by molar-refractivity contribution is 7.09. The molecule has 0 aliphatic carbocycles. The molecule has 0 spiro atoms. The van der Waals surface area contributed by atoms with Gasteiger partial charge in [0.15, 0.2) is 0 Å². The third-order valence-corrected chi connectivity index (χ3v) is 4.46. The number of amides is 2. The zero-order chi connectivity index (χ0) is 17.3. The molecule has 5 nitrogen and oxygen atoms in total. The van der Waals surface area contributed by atoms with Gasteiger partial charge in [-0.1, -0.05) is 24.3 Å². The summed E-state index contributed by atoms with van der Waals surface area (Å²) in [5, 5.41) is 4.74. The molecule has 0 radical (unpaired) electrons. The Labute approximate surface area is 145 Å². The first-order valence-electron chi connectivity index (χ1n) is 7.76. The van der Waals surface area contributed by atoms with Crippen molar-refractivity contribution in [3.63, 3.8) is 0 Å². The number of benzene rings is 1. The molecular formula is C18H20N2O3S. The summed E-state index contributed by atoms with van der Waals surface area (Å²) in [6.07, 6.45) is -1.24. The fourth-order valence-corrected chi connectivity index (χ4v) is 3.33. The first-order valence-corrected chi connectivity index (χ1v) is 8.64. The number of alkyl carbamates (subject to hydrolysis) is 1. The van der Waals surface area contributed by atoms with Crippen LogP contribution >= 0.6 is 11.3 Å². The number of nitrogens with zero attached hydrogens (tertiary/aromatic N) is 1. The number of nitrogens with one attached hydrogen (secondary N) is 1. The van der Waals surface area contributed by atoms with E-state index in [1.54, 1.807) is 22.3 Å². The fourth-order valence-electron chi connectivity index (χ4n) is 2.63. The molecule has 24 heavy (non-hydrogen) atoms. The third-order valence-electron chi connectivity index (χ3n) is 3.60. The summed E-state index contributed by atoms with van der Waals surface area (Å²) in [6, 6.07) is 11.2. The lowest BCUT2D eigenvalue weighted by molar-refractivity contribution is -0.00279. The van der Waals surface area contributed by atoms with Gasteiger partial charge < -0.3 is 10.1 Å². The number of hydrogen-bond acceptors (Lipinski definition) is 4. The monoisotopic (exact) mass is 344 g/mol. The smallest absolute Gasteiger partial charge is 0.409 e. The molecule has 2 heterocycles. The molecule has 0 unspecified atom stereocenters. The largest absolute Gasteiger partial charge is 0.421 e. The summed E-state index contributed by atoms with van der Waals surface area (Å²) in [5.41, 5.74) is 0.906. The van der Waals surface area contributed by atoms with Gasteiger partial charge in [0.2, 0.25) is 6.23 Å². The number of thiophene rings is 1. The Bertz CT molecular complexity index is 750. The van der Waals surface area contributed by atoms with Crippen LogP contribution in [-0.4, -0.2) is 22.4 Å². The minimum atomic E-state index is -0.710. The average molecular weight is 344 g/mol. The Morgan fingerprint density at radius 3 is 2.67 bits per heavy atom. The van der Waals surface area contributed by atoms with Crippen molar-refractivity contribution in [1.29, 1.82) is 0 Å². The SMILES string of the molecule is CC(C)(C)NC(=O)O[C@@H]1c2ccccc2C(=O)N1Cc1cccs1. The maximum atomic E-state index is 12.7. The Kier molecular flexibility index (Phi) is 4.32. The van der Waals surface area contributed by atoms with E-state index in [0.29, 0.717) is 12.1 Å². The molecule has 3 rings (SSSR count). The van der Waals surface area contributed by atoms with Crippen molar-refractivity contribution in [3.8, 4) is 0 Å². The molecule has 1 atom stereocenters. The lowest BCUT2D eigenvalue weighted by Gasteiger charge is -2.27. The van der Waals surface area contributed by atoms with Gasteiger partial charge >= 0.3 is 6.09 Å². The quantitative estimate of drug-likeness (QED) is 0.918. The number of carbonyl (C=O) groups excluding carboxylic acids is 2. The van der Waals surface area contributed by atoms with Crippen molar-refractivity contribution >= 4 is 23.3 Å². The van der Waals surface area contributed by atoms with Gasteiger partial charge in [-0.25, -0.2) is 4.79 Å². The first kappa shape index (κ1) is 16.5. The third kappa shape index (κ3) is 3.43.